The van der Waals surface area contributed by atoms with Crippen LogP contribution < -0.4 is 0 Å². The first-order valence-electron chi connectivity index (χ1n) is 8.77. The third-order valence-corrected chi connectivity index (χ3v) is 5.06. The van der Waals surface area contributed by atoms with E-state index in [1.165, 1.54) is 0 Å². The standard InChI is InChI=1S/C21H23NO4/c1-16-6-5-9-18(14-16)21(19(23)24)10-12-22(13-11-21)20(25)26-15-17-7-3-2-4-8-17/h2-9,14H,10-13,15H2,1H3,(H,23,24). The van der Waals surface area contributed by atoms with E-state index in [1.807, 2.05) is 61.5 Å². The van der Waals surface area contributed by atoms with Crippen molar-refractivity contribution in [3.8, 4) is 0 Å². The van der Waals surface area contributed by atoms with Crippen molar-refractivity contribution in [1.82, 2.24) is 4.90 Å². The highest BCUT2D eigenvalue weighted by molar-refractivity contribution is 5.82. The molecular formula is C21H23NO4. The summed E-state index contributed by atoms with van der Waals surface area (Å²) in [4.78, 5) is 25.9. The van der Waals surface area contributed by atoms with Gasteiger partial charge in [0.15, 0.2) is 0 Å². The minimum absolute atomic E-state index is 0.220. The molecule has 0 radical (unpaired) electrons. The zero-order valence-electron chi connectivity index (χ0n) is 14.9. The SMILES string of the molecule is Cc1cccc(C2(C(=O)O)CCN(C(=O)OCc3ccccc3)CC2)c1. The van der Waals surface area contributed by atoms with Crippen LogP contribution in [0.15, 0.2) is 54.6 Å². The number of aliphatic carboxylic acids is 1. The van der Waals surface area contributed by atoms with Gasteiger partial charge in [-0.2, -0.15) is 0 Å². The monoisotopic (exact) mass is 353 g/mol. The summed E-state index contributed by atoms with van der Waals surface area (Å²) in [6.07, 6.45) is 0.371. The predicted molar refractivity (Wildman–Crippen MR) is 97.9 cm³/mol. The molecule has 2 aromatic rings. The second-order valence-corrected chi connectivity index (χ2v) is 6.78. The molecule has 0 unspecified atom stereocenters. The molecule has 1 saturated heterocycles. The van der Waals surface area contributed by atoms with Crippen molar-refractivity contribution in [2.45, 2.75) is 31.8 Å². The Balaban J connectivity index is 1.64. The first-order chi connectivity index (χ1) is 12.5. The highest BCUT2D eigenvalue weighted by atomic mass is 16.6. The van der Waals surface area contributed by atoms with E-state index in [-0.39, 0.29) is 6.61 Å². The van der Waals surface area contributed by atoms with Crippen molar-refractivity contribution in [2.75, 3.05) is 13.1 Å². The second-order valence-electron chi connectivity index (χ2n) is 6.78. The summed E-state index contributed by atoms with van der Waals surface area (Å²) in [6.45, 7) is 2.91. The van der Waals surface area contributed by atoms with Crippen LogP contribution in [-0.2, 0) is 21.6 Å². The van der Waals surface area contributed by atoms with E-state index >= 15 is 0 Å². The van der Waals surface area contributed by atoms with Gasteiger partial charge in [-0.3, -0.25) is 4.79 Å². The number of carboxylic acid groups (broad SMARTS) is 1. The Bertz CT molecular complexity index is 780. The largest absolute Gasteiger partial charge is 0.481 e. The number of benzene rings is 2. The minimum Gasteiger partial charge on any atom is -0.481 e. The Labute approximate surface area is 153 Å². The van der Waals surface area contributed by atoms with Crippen molar-refractivity contribution in [2.24, 2.45) is 0 Å². The topological polar surface area (TPSA) is 66.8 Å². The molecule has 136 valence electrons. The summed E-state index contributed by atoms with van der Waals surface area (Å²) >= 11 is 0. The maximum Gasteiger partial charge on any atom is 0.410 e. The fourth-order valence-electron chi connectivity index (χ4n) is 3.45. The van der Waals surface area contributed by atoms with Crippen molar-refractivity contribution in [1.29, 1.82) is 0 Å². The average molecular weight is 353 g/mol. The van der Waals surface area contributed by atoms with Gasteiger partial charge >= 0.3 is 12.1 Å². The van der Waals surface area contributed by atoms with E-state index in [4.69, 9.17) is 4.74 Å². The van der Waals surface area contributed by atoms with E-state index in [0.717, 1.165) is 16.7 Å². The summed E-state index contributed by atoms with van der Waals surface area (Å²) < 4.78 is 5.36. The number of nitrogens with zero attached hydrogens (tertiary/aromatic N) is 1. The summed E-state index contributed by atoms with van der Waals surface area (Å²) in [7, 11) is 0. The zero-order valence-corrected chi connectivity index (χ0v) is 14.9. The summed E-state index contributed by atoms with van der Waals surface area (Å²) in [5.41, 5.74) is 1.83. The number of carboxylic acids is 1. The molecule has 2 aromatic carbocycles. The number of hydrogen-bond donors (Lipinski definition) is 1. The van der Waals surface area contributed by atoms with Crippen molar-refractivity contribution >= 4 is 12.1 Å². The van der Waals surface area contributed by atoms with Gasteiger partial charge in [0, 0.05) is 13.1 Å². The van der Waals surface area contributed by atoms with Gasteiger partial charge in [-0.1, -0.05) is 60.2 Å². The third-order valence-electron chi connectivity index (χ3n) is 5.06. The number of piperidine rings is 1. The third kappa shape index (κ3) is 3.72. The smallest absolute Gasteiger partial charge is 0.410 e. The lowest BCUT2D eigenvalue weighted by Gasteiger charge is -2.38. The molecule has 0 aliphatic carbocycles. The Morgan fingerprint density at radius 2 is 1.77 bits per heavy atom. The van der Waals surface area contributed by atoms with Gasteiger partial charge in [0.2, 0.25) is 0 Å². The number of carbonyl (C=O) groups excluding carboxylic acids is 1. The average Bonchev–Trinajstić information content (AvgIpc) is 2.67. The second kappa shape index (κ2) is 7.60. The first-order valence-corrected chi connectivity index (χ1v) is 8.77. The number of likely N-dealkylation sites (tertiary alicyclic amines) is 1. The van der Waals surface area contributed by atoms with Crippen LogP contribution in [0, 0.1) is 6.92 Å². The molecule has 1 aliphatic rings. The summed E-state index contributed by atoms with van der Waals surface area (Å²) in [6, 6.07) is 17.1. The van der Waals surface area contributed by atoms with Crippen LogP contribution in [0.25, 0.3) is 0 Å². The van der Waals surface area contributed by atoms with E-state index in [0.29, 0.717) is 25.9 Å². The van der Waals surface area contributed by atoms with E-state index < -0.39 is 17.5 Å². The molecule has 1 heterocycles. The van der Waals surface area contributed by atoms with E-state index in [1.54, 1.807) is 4.90 Å². The lowest BCUT2D eigenvalue weighted by Crippen LogP contribution is -2.49. The fourth-order valence-corrected chi connectivity index (χ4v) is 3.45. The molecule has 1 aliphatic heterocycles. The normalized spacial score (nSPS) is 16.1. The Hall–Kier alpha value is -2.82. The van der Waals surface area contributed by atoms with Gasteiger partial charge in [-0.25, -0.2) is 4.79 Å². The molecule has 1 amide bonds. The van der Waals surface area contributed by atoms with Gasteiger partial charge in [0.25, 0.3) is 0 Å². The molecule has 0 saturated carbocycles. The molecule has 5 nitrogen and oxygen atoms in total. The fraction of sp³-hybridized carbons (Fsp3) is 0.333. The van der Waals surface area contributed by atoms with Crippen LogP contribution >= 0.6 is 0 Å². The quantitative estimate of drug-likeness (QED) is 0.909. The van der Waals surface area contributed by atoms with Gasteiger partial charge in [-0.05, 0) is 30.9 Å². The van der Waals surface area contributed by atoms with Crippen LogP contribution in [0.2, 0.25) is 0 Å². The maximum atomic E-state index is 12.3. The molecule has 1 fully saturated rings. The van der Waals surface area contributed by atoms with Gasteiger partial charge in [0.05, 0.1) is 5.41 Å². The van der Waals surface area contributed by atoms with Crippen LogP contribution in [0.1, 0.15) is 29.5 Å². The molecule has 5 heteroatoms. The highest BCUT2D eigenvalue weighted by Gasteiger charge is 2.44. The molecular weight excluding hydrogens is 330 g/mol. The van der Waals surface area contributed by atoms with Crippen molar-refractivity contribution in [3.05, 3.63) is 71.3 Å². The Kier molecular flexibility index (Phi) is 5.26. The number of amides is 1. The molecule has 0 bridgehead atoms. The number of carbonyl (C=O) groups is 2. The summed E-state index contributed by atoms with van der Waals surface area (Å²) in [5, 5.41) is 9.88. The molecule has 0 spiro atoms. The van der Waals surface area contributed by atoms with Gasteiger partial charge in [0.1, 0.15) is 6.61 Å². The van der Waals surface area contributed by atoms with E-state index in [2.05, 4.69) is 0 Å². The number of hydrogen-bond acceptors (Lipinski definition) is 3. The molecule has 0 atom stereocenters. The van der Waals surface area contributed by atoms with E-state index in [9.17, 15) is 14.7 Å². The molecule has 0 aromatic heterocycles. The Morgan fingerprint density at radius 1 is 1.08 bits per heavy atom. The first kappa shape index (κ1) is 18.0. The van der Waals surface area contributed by atoms with Crippen LogP contribution in [0.3, 0.4) is 0 Å². The number of rotatable bonds is 4. The Morgan fingerprint density at radius 3 is 2.38 bits per heavy atom. The maximum absolute atomic E-state index is 12.3. The predicted octanol–water partition coefficient (Wildman–Crippen LogP) is 3.75. The number of ether oxygens (including phenoxy) is 1. The van der Waals surface area contributed by atoms with Gasteiger partial charge in [-0.15, -0.1) is 0 Å². The van der Waals surface area contributed by atoms with Crippen LogP contribution in [-0.4, -0.2) is 35.2 Å². The molecule has 1 N–H and O–H groups in total. The number of aryl methyl sites for hydroxylation is 1. The zero-order chi connectivity index (χ0) is 18.6. The minimum atomic E-state index is -0.942. The van der Waals surface area contributed by atoms with Gasteiger partial charge < -0.3 is 14.7 Å². The van der Waals surface area contributed by atoms with Crippen LogP contribution in [0.4, 0.5) is 4.79 Å². The van der Waals surface area contributed by atoms with Crippen molar-refractivity contribution in [3.63, 3.8) is 0 Å². The highest BCUT2D eigenvalue weighted by Crippen LogP contribution is 2.36. The van der Waals surface area contributed by atoms with Crippen molar-refractivity contribution < 1.29 is 19.4 Å². The lowest BCUT2D eigenvalue weighted by atomic mass is 9.72. The molecule has 26 heavy (non-hydrogen) atoms. The lowest BCUT2D eigenvalue weighted by molar-refractivity contribution is -0.145. The van der Waals surface area contributed by atoms with Crippen LogP contribution in [0.5, 0.6) is 0 Å². The molecule has 3 rings (SSSR count). The summed E-state index contributed by atoms with van der Waals surface area (Å²) in [5.74, 6) is -0.833.